The Morgan fingerprint density at radius 2 is 1.56 bits per heavy atom. The second-order valence-corrected chi connectivity index (χ2v) is 7.63. The van der Waals surface area contributed by atoms with Crippen molar-refractivity contribution >= 4 is 22.1 Å². The Kier molecular flexibility index (Phi) is 6.33. The normalized spacial score (nSPS) is 12.8. The predicted molar refractivity (Wildman–Crippen MR) is 126 cm³/mol. The monoisotopic (exact) mass is 428 g/mol. The van der Waals surface area contributed by atoms with Gasteiger partial charge in [-0.1, -0.05) is 48.5 Å². The topological polar surface area (TPSA) is 84.6 Å². The van der Waals surface area contributed by atoms with Crippen molar-refractivity contribution in [3.05, 3.63) is 112 Å². The minimum atomic E-state index is -0.697. The number of hydrogen-bond acceptors (Lipinski definition) is 5. The lowest BCUT2D eigenvalue weighted by molar-refractivity contribution is -0.384. The Balaban J connectivity index is 1.60. The van der Waals surface area contributed by atoms with Gasteiger partial charge in [0, 0.05) is 24.2 Å². The molecular weight excluding hydrogens is 404 g/mol. The van der Waals surface area contributed by atoms with Gasteiger partial charge in [-0.25, -0.2) is 0 Å². The number of nitro benzene ring substituents is 1. The first-order valence-corrected chi connectivity index (χ1v) is 10.3. The van der Waals surface area contributed by atoms with E-state index in [9.17, 15) is 15.2 Å². The van der Waals surface area contributed by atoms with Crippen LogP contribution in [0.5, 0.6) is 5.75 Å². The molecule has 0 aliphatic heterocycles. The summed E-state index contributed by atoms with van der Waals surface area (Å²) in [6, 6.07) is 27.7. The number of nitrogens with one attached hydrogen (secondary N) is 1. The van der Waals surface area contributed by atoms with Gasteiger partial charge in [0.2, 0.25) is 0 Å². The van der Waals surface area contributed by atoms with Gasteiger partial charge < -0.3 is 15.2 Å². The minimum Gasteiger partial charge on any atom is -0.497 e. The first kappa shape index (κ1) is 21.3. The summed E-state index contributed by atoms with van der Waals surface area (Å²) < 4.78 is 5.26. The Labute approximate surface area is 186 Å². The molecule has 0 spiro atoms. The van der Waals surface area contributed by atoms with Crippen molar-refractivity contribution in [1.82, 2.24) is 0 Å². The summed E-state index contributed by atoms with van der Waals surface area (Å²) in [6.07, 6.45) is -0.279. The van der Waals surface area contributed by atoms with Crippen molar-refractivity contribution in [2.45, 2.75) is 18.6 Å². The van der Waals surface area contributed by atoms with Gasteiger partial charge in [0.15, 0.2) is 0 Å². The van der Waals surface area contributed by atoms with Crippen molar-refractivity contribution in [2.24, 2.45) is 0 Å². The van der Waals surface area contributed by atoms with Crippen LogP contribution in [0.4, 0.5) is 11.4 Å². The smallest absolute Gasteiger partial charge is 0.269 e. The molecule has 6 nitrogen and oxygen atoms in total. The first-order valence-electron chi connectivity index (χ1n) is 10.3. The van der Waals surface area contributed by atoms with E-state index in [1.54, 1.807) is 19.2 Å². The number of aliphatic hydroxyl groups is 1. The Bertz CT molecular complexity index is 1210. The number of benzene rings is 4. The highest BCUT2D eigenvalue weighted by Gasteiger charge is 2.19. The summed E-state index contributed by atoms with van der Waals surface area (Å²) in [7, 11) is 1.62. The molecule has 2 unspecified atom stereocenters. The van der Waals surface area contributed by atoms with Crippen molar-refractivity contribution in [3.8, 4) is 5.75 Å². The van der Waals surface area contributed by atoms with E-state index < -0.39 is 11.0 Å². The number of hydrogen-bond donors (Lipinski definition) is 2. The number of aliphatic hydroxyl groups excluding tert-OH is 1. The third-order valence-electron chi connectivity index (χ3n) is 5.55. The molecular formula is C26H24N2O4. The molecule has 4 rings (SSSR count). The molecule has 0 bridgehead atoms. The van der Waals surface area contributed by atoms with Gasteiger partial charge in [-0.15, -0.1) is 0 Å². The minimum absolute atomic E-state index is 0.0349. The zero-order valence-corrected chi connectivity index (χ0v) is 17.6. The molecule has 0 aliphatic rings. The van der Waals surface area contributed by atoms with Gasteiger partial charge in [0.25, 0.3) is 5.69 Å². The maximum absolute atomic E-state index is 11.1. The van der Waals surface area contributed by atoms with E-state index in [4.69, 9.17) is 4.74 Å². The number of methoxy groups -OCH3 is 1. The lowest BCUT2D eigenvalue weighted by Gasteiger charge is -2.24. The number of non-ortho nitro benzene ring substituents is 1. The standard InChI is InChI=1S/C26H24N2O4/c1-32-24-14-8-19(9-15-24)25(27-22-10-12-23(13-11-22)28(30)31)17-26(29)21-7-6-18-4-2-3-5-20(18)16-21/h2-16,25-27,29H,17H2,1H3. The van der Waals surface area contributed by atoms with E-state index in [0.29, 0.717) is 6.42 Å². The summed E-state index contributed by atoms with van der Waals surface area (Å²) in [4.78, 5) is 10.5. The second kappa shape index (κ2) is 9.49. The van der Waals surface area contributed by atoms with Crippen LogP contribution in [-0.4, -0.2) is 17.1 Å². The first-order chi connectivity index (χ1) is 15.5. The molecule has 0 amide bonds. The zero-order chi connectivity index (χ0) is 22.5. The van der Waals surface area contributed by atoms with E-state index in [-0.39, 0.29) is 11.7 Å². The van der Waals surface area contributed by atoms with Gasteiger partial charge in [0.1, 0.15) is 5.75 Å². The van der Waals surface area contributed by atoms with Crippen LogP contribution in [0.2, 0.25) is 0 Å². The summed E-state index contributed by atoms with van der Waals surface area (Å²) in [6.45, 7) is 0. The molecule has 0 radical (unpaired) electrons. The Morgan fingerprint density at radius 1 is 0.906 bits per heavy atom. The molecule has 0 saturated carbocycles. The molecule has 4 aromatic rings. The third-order valence-corrected chi connectivity index (χ3v) is 5.55. The van der Waals surface area contributed by atoms with E-state index >= 15 is 0 Å². The predicted octanol–water partition coefficient (Wildman–Crippen LogP) is 6.03. The molecule has 2 N–H and O–H groups in total. The largest absolute Gasteiger partial charge is 0.497 e. The van der Waals surface area contributed by atoms with Crippen molar-refractivity contribution in [3.63, 3.8) is 0 Å². The molecule has 4 aromatic carbocycles. The van der Waals surface area contributed by atoms with Gasteiger partial charge >= 0.3 is 0 Å². The number of ether oxygens (including phenoxy) is 1. The van der Waals surface area contributed by atoms with Crippen LogP contribution >= 0.6 is 0 Å². The molecule has 0 heterocycles. The van der Waals surface area contributed by atoms with E-state index in [1.807, 2.05) is 66.7 Å². The molecule has 0 fully saturated rings. The van der Waals surface area contributed by atoms with Gasteiger partial charge in [-0.05, 0) is 52.2 Å². The highest BCUT2D eigenvalue weighted by Crippen LogP contribution is 2.32. The second-order valence-electron chi connectivity index (χ2n) is 7.63. The fourth-order valence-corrected chi connectivity index (χ4v) is 3.77. The third kappa shape index (κ3) is 4.87. The average molecular weight is 428 g/mol. The van der Waals surface area contributed by atoms with Crippen molar-refractivity contribution in [2.75, 3.05) is 12.4 Å². The number of anilines is 1. The van der Waals surface area contributed by atoms with Gasteiger partial charge in [0.05, 0.1) is 24.2 Å². The average Bonchev–Trinajstić information content (AvgIpc) is 2.83. The lowest BCUT2D eigenvalue weighted by Crippen LogP contribution is -2.15. The van der Waals surface area contributed by atoms with Crippen molar-refractivity contribution < 1.29 is 14.8 Å². The maximum atomic E-state index is 11.1. The molecule has 162 valence electrons. The van der Waals surface area contributed by atoms with Crippen LogP contribution in [0, 0.1) is 10.1 Å². The maximum Gasteiger partial charge on any atom is 0.269 e. The summed E-state index contributed by atoms with van der Waals surface area (Å²) in [5.74, 6) is 0.748. The summed E-state index contributed by atoms with van der Waals surface area (Å²) in [5, 5.41) is 27.6. The van der Waals surface area contributed by atoms with Crippen molar-refractivity contribution in [1.29, 1.82) is 0 Å². The van der Waals surface area contributed by atoms with Gasteiger partial charge in [-0.2, -0.15) is 0 Å². The fourth-order valence-electron chi connectivity index (χ4n) is 3.77. The highest BCUT2D eigenvalue weighted by molar-refractivity contribution is 5.83. The zero-order valence-electron chi connectivity index (χ0n) is 17.6. The van der Waals surface area contributed by atoms with E-state index in [2.05, 4.69) is 5.32 Å². The molecule has 2 atom stereocenters. The van der Waals surface area contributed by atoms with Crippen LogP contribution in [0.15, 0.2) is 91.0 Å². The Hall–Kier alpha value is -3.90. The quantitative estimate of drug-likeness (QED) is 0.264. The van der Waals surface area contributed by atoms with Crippen LogP contribution < -0.4 is 10.1 Å². The lowest BCUT2D eigenvalue weighted by atomic mass is 9.95. The number of fused-ring (bicyclic) bond motifs is 1. The molecule has 0 aromatic heterocycles. The van der Waals surface area contributed by atoms with Gasteiger partial charge in [-0.3, -0.25) is 10.1 Å². The van der Waals surface area contributed by atoms with Crippen LogP contribution in [0.3, 0.4) is 0 Å². The van der Waals surface area contributed by atoms with E-state index in [0.717, 1.165) is 33.3 Å². The number of nitro groups is 1. The summed E-state index contributed by atoms with van der Waals surface area (Å²) >= 11 is 0. The molecule has 0 saturated heterocycles. The summed E-state index contributed by atoms with van der Waals surface area (Å²) in [5.41, 5.74) is 2.59. The molecule has 6 heteroatoms. The van der Waals surface area contributed by atoms with E-state index in [1.165, 1.54) is 12.1 Å². The van der Waals surface area contributed by atoms with Crippen LogP contribution in [0.1, 0.15) is 29.7 Å². The SMILES string of the molecule is COc1ccc(C(CC(O)c2ccc3ccccc3c2)Nc2ccc([N+](=O)[O-])cc2)cc1. The molecule has 0 aliphatic carbocycles. The number of nitrogens with zero attached hydrogens (tertiary/aromatic N) is 1. The Morgan fingerprint density at radius 3 is 2.22 bits per heavy atom. The highest BCUT2D eigenvalue weighted by atomic mass is 16.6. The van der Waals surface area contributed by atoms with Crippen LogP contribution in [-0.2, 0) is 0 Å². The molecule has 32 heavy (non-hydrogen) atoms. The fraction of sp³-hybridized carbons (Fsp3) is 0.154. The number of rotatable bonds is 8. The van der Waals surface area contributed by atoms with Crippen LogP contribution in [0.25, 0.3) is 10.8 Å².